The van der Waals surface area contributed by atoms with Gasteiger partial charge in [-0.05, 0) is 25.0 Å². The van der Waals surface area contributed by atoms with E-state index in [9.17, 15) is 29.4 Å². The summed E-state index contributed by atoms with van der Waals surface area (Å²) in [5.74, 6) is -1.39. The summed E-state index contributed by atoms with van der Waals surface area (Å²) in [7, 11) is 0. The second kappa shape index (κ2) is 20.2. The van der Waals surface area contributed by atoms with Crippen molar-refractivity contribution in [2.45, 2.75) is 115 Å². The van der Waals surface area contributed by atoms with E-state index in [2.05, 4.69) is 0 Å². The molecule has 0 fully saturated rings. The van der Waals surface area contributed by atoms with Crippen LogP contribution in [-0.4, -0.2) is 73.7 Å². The van der Waals surface area contributed by atoms with Crippen LogP contribution >= 0.6 is 0 Å². The fourth-order valence-electron chi connectivity index (χ4n) is 6.72. The Balaban J connectivity index is 0.986. The molecule has 2 aromatic rings. The summed E-state index contributed by atoms with van der Waals surface area (Å²) in [4.78, 5) is 47.9. The third kappa shape index (κ3) is 10.7. The maximum Gasteiger partial charge on any atom is 0.343 e. The normalized spacial score (nSPS) is 18.7. The van der Waals surface area contributed by atoms with Crippen molar-refractivity contribution in [2.24, 2.45) is 0 Å². The first kappa shape index (κ1) is 40.6. The van der Waals surface area contributed by atoms with E-state index in [0.717, 1.165) is 38.5 Å². The third-order valence-corrected chi connectivity index (χ3v) is 9.60. The summed E-state index contributed by atoms with van der Waals surface area (Å²) in [6.45, 7) is 1.97. The molecule has 12 nitrogen and oxygen atoms in total. The van der Waals surface area contributed by atoms with Crippen LogP contribution in [-0.2, 0) is 39.7 Å². The van der Waals surface area contributed by atoms with Gasteiger partial charge in [0.05, 0.1) is 26.4 Å². The molecule has 0 aromatic heterocycles. The Kier molecular flexibility index (Phi) is 15.8. The Hall–Kier alpha value is -4.16. The van der Waals surface area contributed by atoms with E-state index in [1.807, 2.05) is 0 Å². The van der Waals surface area contributed by atoms with Crippen molar-refractivity contribution in [3.05, 3.63) is 58.7 Å². The summed E-state index contributed by atoms with van der Waals surface area (Å²) in [6.07, 6.45) is 15.9. The molecule has 0 aliphatic carbocycles. The van der Waals surface area contributed by atoms with Gasteiger partial charge < -0.3 is 38.6 Å². The number of carbonyl (C=O) groups excluding carboxylic acids is 4. The standard InChI is InChI=1S/C40H54O12/c1-29(43)49-27-39(25-41)31-19-17-21-33(35(31)37(45)51-39)47-23-15-13-11-9-7-5-3-4-6-8-10-12-14-16-24-48-34-22-18-20-32-36(34)38(46)52-40(32,26-42)28-50-30(2)44/h17-22,41-42H,3-16,23-28H2,1-2H3/t39-,40-/m1/s1. The Labute approximate surface area is 306 Å². The molecule has 2 N–H and O–H groups in total. The molecular weight excluding hydrogens is 672 g/mol. The zero-order chi connectivity index (χ0) is 37.4. The Morgan fingerprint density at radius 2 is 0.885 bits per heavy atom. The van der Waals surface area contributed by atoms with Crippen LogP contribution in [0.25, 0.3) is 0 Å². The molecule has 286 valence electrons. The highest BCUT2D eigenvalue weighted by atomic mass is 16.6. The van der Waals surface area contributed by atoms with Gasteiger partial charge in [0.25, 0.3) is 0 Å². The van der Waals surface area contributed by atoms with E-state index < -0.39 is 48.3 Å². The van der Waals surface area contributed by atoms with Crippen molar-refractivity contribution in [3.63, 3.8) is 0 Å². The van der Waals surface area contributed by atoms with Crippen LogP contribution in [0, 0.1) is 0 Å². The second-order valence-electron chi connectivity index (χ2n) is 13.6. The number of aliphatic hydroxyl groups is 2. The first-order valence-electron chi connectivity index (χ1n) is 18.6. The van der Waals surface area contributed by atoms with Crippen LogP contribution in [0.4, 0.5) is 0 Å². The van der Waals surface area contributed by atoms with E-state index in [1.54, 1.807) is 36.4 Å². The second-order valence-corrected chi connectivity index (χ2v) is 13.6. The lowest BCUT2D eigenvalue weighted by molar-refractivity contribution is -0.152. The van der Waals surface area contributed by atoms with Crippen LogP contribution in [0.3, 0.4) is 0 Å². The fraction of sp³-hybridized carbons (Fsp3) is 0.600. The van der Waals surface area contributed by atoms with Gasteiger partial charge in [0.15, 0.2) is 11.2 Å². The van der Waals surface area contributed by atoms with Gasteiger partial charge in [-0.15, -0.1) is 0 Å². The number of fused-ring (bicyclic) bond motifs is 2. The van der Waals surface area contributed by atoms with Crippen molar-refractivity contribution in [1.29, 1.82) is 0 Å². The quantitative estimate of drug-likeness (QED) is 0.0654. The van der Waals surface area contributed by atoms with Crippen LogP contribution in [0.15, 0.2) is 36.4 Å². The molecule has 2 heterocycles. The topological polar surface area (TPSA) is 164 Å². The van der Waals surface area contributed by atoms with Crippen molar-refractivity contribution in [2.75, 3.05) is 39.6 Å². The van der Waals surface area contributed by atoms with Gasteiger partial charge >= 0.3 is 23.9 Å². The van der Waals surface area contributed by atoms with Crippen molar-refractivity contribution in [1.82, 2.24) is 0 Å². The molecule has 2 aliphatic rings. The number of aliphatic hydroxyl groups excluding tert-OH is 2. The molecule has 2 aromatic carbocycles. The summed E-state index contributed by atoms with van der Waals surface area (Å²) < 4.78 is 32.9. The van der Waals surface area contributed by atoms with Gasteiger partial charge in [-0.1, -0.05) is 101 Å². The van der Waals surface area contributed by atoms with Gasteiger partial charge in [0, 0.05) is 25.0 Å². The predicted octanol–water partition coefficient (Wildman–Crippen LogP) is 6.45. The molecule has 0 saturated heterocycles. The minimum absolute atomic E-state index is 0.252. The Morgan fingerprint density at radius 3 is 1.19 bits per heavy atom. The van der Waals surface area contributed by atoms with E-state index in [1.165, 1.54) is 65.2 Å². The molecule has 0 radical (unpaired) electrons. The summed E-state index contributed by atoms with van der Waals surface area (Å²) in [5.41, 5.74) is -1.31. The van der Waals surface area contributed by atoms with E-state index >= 15 is 0 Å². The molecule has 0 bridgehead atoms. The molecule has 12 heteroatoms. The first-order valence-corrected chi connectivity index (χ1v) is 18.6. The number of hydrogen-bond acceptors (Lipinski definition) is 12. The summed E-state index contributed by atoms with van der Waals surface area (Å²) in [5, 5.41) is 19.9. The van der Waals surface area contributed by atoms with E-state index in [-0.39, 0.29) is 24.3 Å². The van der Waals surface area contributed by atoms with Crippen molar-refractivity contribution < 1.29 is 57.8 Å². The molecule has 0 saturated carbocycles. The molecular formula is C40H54O12. The number of rotatable bonds is 25. The smallest absolute Gasteiger partial charge is 0.343 e. The molecule has 4 rings (SSSR count). The number of benzene rings is 2. The van der Waals surface area contributed by atoms with Gasteiger partial charge in [-0.25, -0.2) is 9.59 Å². The van der Waals surface area contributed by atoms with Crippen LogP contribution < -0.4 is 9.47 Å². The summed E-state index contributed by atoms with van der Waals surface area (Å²) >= 11 is 0. The number of esters is 4. The highest BCUT2D eigenvalue weighted by Crippen LogP contribution is 2.42. The number of cyclic esters (lactones) is 2. The van der Waals surface area contributed by atoms with Crippen molar-refractivity contribution >= 4 is 23.9 Å². The lowest BCUT2D eigenvalue weighted by atomic mass is 9.93. The molecule has 0 amide bonds. The van der Waals surface area contributed by atoms with Crippen LogP contribution in [0.2, 0.25) is 0 Å². The molecule has 52 heavy (non-hydrogen) atoms. The Morgan fingerprint density at radius 1 is 0.558 bits per heavy atom. The average Bonchev–Trinajstić information content (AvgIpc) is 3.60. The Bertz CT molecular complexity index is 1390. The summed E-state index contributed by atoms with van der Waals surface area (Å²) in [6, 6.07) is 10.3. The van der Waals surface area contributed by atoms with Crippen LogP contribution in [0.5, 0.6) is 11.5 Å². The van der Waals surface area contributed by atoms with Gasteiger partial charge in [0.2, 0.25) is 0 Å². The van der Waals surface area contributed by atoms with E-state index in [0.29, 0.717) is 35.8 Å². The SMILES string of the molecule is CC(=O)OC[C@@]1(CO)OC(=O)c2c(OCCCCCCCCCCCCCCCCOc3cccc4c3C(=O)O[C@]4(CO)COC(C)=O)cccc21. The van der Waals surface area contributed by atoms with Crippen LogP contribution in [0.1, 0.15) is 136 Å². The predicted molar refractivity (Wildman–Crippen MR) is 190 cm³/mol. The number of unbranched alkanes of at least 4 members (excludes halogenated alkanes) is 13. The van der Waals surface area contributed by atoms with E-state index in [4.69, 9.17) is 28.4 Å². The largest absolute Gasteiger partial charge is 0.493 e. The molecule has 2 aliphatic heterocycles. The number of carbonyl (C=O) groups is 4. The maximum absolute atomic E-state index is 12.6. The highest BCUT2D eigenvalue weighted by molar-refractivity contribution is 5.98. The zero-order valence-corrected chi connectivity index (χ0v) is 30.6. The highest BCUT2D eigenvalue weighted by Gasteiger charge is 2.49. The van der Waals surface area contributed by atoms with Crippen molar-refractivity contribution in [3.8, 4) is 11.5 Å². The third-order valence-electron chi connectivity index (χ3n) is 9.60. The van der Waals surface area contributed by atoms with Gasteiger partial charge in [0.1, 0.15) is 35.8 Å². The fourth-order valence-corrected chi connectivity index (χ4v) is 6.72. The monoisotopic (exact) mass is 726 g/mol. The van der Waals surface area contributed by atoms with Gasteiger partial charge in [-0.3, -0.25) is 9.59 Å². The lowest BCUT2D eigenvalue weighted by Gasteiger charge is -2.25. The molecule has 2 atom stereocenters. The average molecular weight is 727 g/mol. The zero-order valence-electron chi connectivity index (χ0n) is 30.6. The number of hydrogen-bond donors (Lipinski definition) is 2. The minimum Gasteiger partial charge on any atom is -0.493 e. The maximum atomic E-state index is 12.6. The number of ether oxygens (including phenoxy) is 6. The minimum atomic E-state index is -1.41. The molecule has 0 unspecified atom stereocenters. The van der Waals surface area contributed by atoms with Gasteiger partial charge in [-0.2, -0.15) is 0 Å². The first-order chi connectivity index (χ1) is 25.2. The molecule has 0 spiro atoms. The lowest BCUT2D eigenvalue weighted by Crippen LogP contribution is -2.36.